The van der Waals surface area contributed by atoms with E-state index >= 15 is 0 Å². The minimum absolute atomic E-state index is 0.0114. The number of halogens is 1. The number of amides is 1. The first-order valence-corrected chi connectivity index (χ1v) is 9.00. The van der Waals surface area contributed by atoms with Crippen LogP contribution in [0.4, 0.5) is 4.39 Å². The first-order valence-electron chi connectivity index (χ1n) is 9.00. The molecule has 0 spiro atoms. The first kappa shape index (κ1) is 18.4. The first-order chi connectivity index (χ1) is 12.5. The molecule has 0 N–H and O–H groups in total. The summed E-state index contributed by atoms with van der Waals surface area (Å²) in [6.07, 6.45) is 2.23. The number of tetrazole rings is 1. The Morgan fingerprint density at radius 3 is 2.69 bits per heavy atom. The Balaban J connectivity index is 1.68. The van der Waals surface area contributed by atoms with Crippen molar-refractivity contribution < 1.29 is 9.18 Å². The van der Waals surface area contributed by atoms with Crippen LogP contribution < -0.4 is 0 Å². The lowest BCUT2D eigenvalue weighted by atomic mass is 10.0. The van der Waals surface area contributed by atoms with Crippen LogP contribution in [0, 0.1) is 11.7 Å². The molecule has 1 aromatic heterocycles. The summed E-state index contributed by atoms with van der Waals surface area (Å²) in [5.74, 6) is 0.189. The zero-order valence-corrected chi connectivity index (χ0v) is 15.3. The van der Waals surface area contributed by atoms with Crippen LogP contribution in [0.25, 0.3) is 0 Å². The smallest absolute Gasteiger partial charge is 0.246 e. The van der Waals surface area contributed by atoms with E-state index in [-0.39, 0.29) is 24.3 Å². The van der Waals surface area contributed by atoms with Crippen LogP contribution >= 0.6 is 0 Å². The highest BCUT2D eigenvalue weighted by Gasteiger charge is 2.29. The minimum atomic E-state index is -0.219. The van der Waals surface area contributed by atoms with Crippen molar-refractivity contribution in [2.24, 2.45) is 5.92 Å². The van der Waals surface area contributed by atoms with E-state index in [0.717, 1.165) is 31.6 Å². The molecule has 1 amide bonds. The second-order valence-corrected chi connectivity index (χ2v) is 7.07. The molecule has 1 fully saturated rings. The molecule has 0 unspecified atom stereocenters. The van der Waals surface area contributed by atoms with Crippen molar-refractivity contribution in [3.8, 4) is 0 Å². The molecule has 1 saturated heterocycles. The highest BCUT2D eigenvalue weighted by molar-refractivity contribution is 5.75. The molecule has 8 heteroatoms. The highest BCUT2D eigenvalue weighted by Crippen LogP contribution is 2.20. The fourth-order valence-corrected chi connectivity index (χ4v) is 3.42. The molecule has 1 aromatic carbocycles. The maximum atomic E-state index is 13.2. The SMILES string of the molecule is CC(C)[C@H]1CN(C(=O)Cn2ncnn2)CCCN1Cc1ccc(F)cc1. The standard InChI is InChI=1S/C18H25FN6O/c1-14(2)17-11-24(18(26)12-25-21-13-20-22-25)9-3-8-23(17)10-15-4-6-16(19)7-5-15/h4-7,13-14,17H,3,8-12H2,1-2H3/t17-/m1/s1. The van der Waals surface area contributed by atoms with Gasteiger partial charge in [-0.05, 0) is 35.2 Å². The van der Waals surface area contributed by atoms with E-state index in [4.69, 9.17) is 0 Å². The molecule has 0 saturated carbocycles. The van der Waals surface area contributed by atoms with Crippen molar-refractivity contribution in [2.45, 2.75) is 39.4 Å². The van der Waals surface area contributed by atoms with Crippen LogP contribution in [0.5, 0.6) is 0 Å². The minimum Gasteiger partial charge on any atom is -0.339 e. The van der Waals surface area contributed by atoms with Crippen LogP contribution in [0.15, 0.2) is 30.6 Å². The third-order valence-corrected chi connectivity index (χ3v) is 4.84. The van der Waals surface area contributed by atoms with Gasteiger partial charge in [-0.3, -0.25) is 9.69 Å². The molecule has 0 radical (unpaired) electrons. The third kappa shape index (κ3) is 4.63. The average Bonchev–Trinajstić information content (AvgIpc) is 3.02. The summed E-state index contributed by atoms with van der Waals surface area (Å²) in [5, 5.41) is 11.3. The average molecular weight is 360 g/mol. The molecule has 140 valence electrons. The maximum absolute atomic E-state index is 13.2. The predicted molar refractivity (Wildman–Crippen MR) is 94.5 cm³/mol. The number of carbonyl (C=O) groups excluding carboxylic acids is 1. The van der Waals surface area contributed by atoms with E-state index in [2.05, 4.69) is 34.2 Å². The molecule has 1 atom stereocenters. The fourth-order valence-electron chi connectivity index (χ4n) is 3.42. The summed E-state index contributed by atoms with van der Waals surface area (Å²) in [6.45, 7) is 7.53. The Hall–Kier alpha value is -2.35. The molecule has 7 nitrogen and oxygen atoms in total. The molecule has 0 aliphatic carbocycles. The van der Waals surface area contributed by atoms with Gasteiger partial charge in [0, 0.05) is 32.2 Å². The zero-order chi connectivity index (χ0) is 18.5. The van der Waals surface area contributed by atoms with Crippen molar-refractivity contribution in [2.75, 3.05) is 19.6 Å². The molecular formula is C18H25FN6O. The third-order valence-electron chi connectivity index (χ3n) is 4.84. The lowest BCUT2D eigenvalue weighted by Crippen LogP contribution is -2.46. The van der Waals surface area contributed by atoms with E-state index in [1.54, 1.807) is 0 Å². The van der Waals surface area contributed by atoms with Crippen molar-refractivity contribution >= 4 is 5.91 Å². The largest absolute Gasteiger partial charge is 0.339 e. The molecular weight excluding hydrogens is 335 g/mol. The van der Waals surface area contributed by atoms with Crippen LogP contribution in [-0.4, -0.2) is 61.6 Å². The van der Waals surface area contributed by atoms with E-state index in [1.165, 1.54) is 23.3 Å². The number of nitrogens with zero attached hydrogens (tertiary/aromatic N) is 6. The molecule has 1 aliphatic rings. The van der Waals surface area contributed by atoms with Crippen LogP contribution in [0.2, 0.25) is 0 Å². The summed E-state index contributed by atoms with van der Waals surface area (Å²) in [4.78, 5) is 18.2. The molecule has 26 heavy (non-hydrogen) atoms. The summed E-state index contributed by atoms with van der Waals surface area (Å²) < 4.78 is 13.2. The van der Waals surface area contributed by atoms with Gasteiger partial charge in [0.2, 0.25) is 5.91 Å². The van der Waals surface area contributed by atoms with Gasteiger partial charge in [-0.1, -0.05) is 26.0 Å². The highest BCUT2D eigenvalue weighted by atomic mass is 19.1. The van der Waals surface area contributed by atoms with Crippen molar-refractivity contribution in [1.29, 1.82) is 0 Å². The van der Waals surface area contributed by atoms with Crippen molar-refractivity contribution in [3.63, 3.8) is 0 Å². The quantitative estimate of drug-likeness (QED) is 0.810. The van der Waals surface area contributed by atoms with Gasteiger partial charge < -0.3 is 4.90 Å². The Labute approximate surface area is 152 Å². The van der Waals surface area contributed by atoms with Crippen molar-refractivity contribution in [3.05, 3.63) is 42.0 Å². The lowest BCUT2D eigenvalue weighted by molar-refractivity contribution is -0.132. The number of hydrogen-bond acceptors (Lipinski definition) is 5. The molecule has 2 aromatic rings. The fraction of sp³-hybridized carbons (Fsp3) is 0.556. The van der Waals surface area contributed by atoms with Gasteiger partial charge in [-0.25, -0.2) is 4.39 Å². The summed E-state index contributed by atoms with van der Waals surface area (Å²) in [5.41, 5.74) is 1.09. The number of hydrogen-bond donors (Lipinski definition) is 0. The number of carbonyl (C=O) groups is 1. The number of benzene rings is 1. The molecule has 0 bridgehead atoms. The van der Waals surface area contributed by atoms with Crippen LogP contribution in [0.1, 0.15) is 25.8 Å². The number of aromatic nitrogens is 4. The summed E-state index contributed by atoms with van der Waals surface area (Å²) >= 11 is 0. The van der Waals surface area contributed by atoms with Crippen LogP contribution in [0.3, 0.4) is 0 Å². The van der Waals surface area contributed by atoms with E-state index in [0.29, 0.717) is 12.5 Å². The van der Waals surface area contributed by atoms with E-state index < -0.39 is 0 Å². The predicted octanol–water partition coefficient (Wildman–Crippen LogP) is 1.57. The molecule has 2 heterocycles. The Morgan fingerprint density at radius 2 is 2.04 bits per heavy atom. The van der Waals surface area contributed by atoms with Crippen molar-refractivity contribution in [1.82, 2.24) is 30.0 Å². The topological polar surface area (TPSA) is 67.2 Å². The molecule has 1 aliphatic heterocycles. The monoisotopic (exact) mass is 360 g/mol. The Morgan fingerprint density at radius 1 is 1.27 bits per heavy atom. The maximum Gasteiger partial charge on any atom is 0.246 e. The zero-order valence-electron chi connectivity index (χ0n) is 15.3. The van der Waals surface area contributed by atoms with Gasteiger partial charge in [-0.2, -0.15) is 4.80 Å². The van der Waals surface area contributed by atoms with Crippen LogP contribution in [-0.2, 0) is 17.9 Å². The normalized spacial score (nSPS) is 18.9. The lowest BCUT2D eigenvalue weighted by Gasteiger charge is -2.34. The van der Waals surface area contributed by atoms with E-state index in [1.807, 2.05) is 17.0 Å². The second kappa shape index (κ2) is 8.35. The van der Waals surface area contributed by atoms with Gasteiger partial charge in [0.25, 0.3) is 0 Å². The Bertz CT molecular complexity index is 703. The Kier molecular flexibility index (Phi) is 5.92. The summed E-state index contributed by atoms with van der Waals surface area (Å²) in [7, 11) is 0. The van der Waals surface area contributed by atoms with Gasteiger partial charge in [-0.15, -0.1) is 10.2 Å². The molecule has 3 rings (SSSR count). The number of rotatable bonds is 5. The second-order valence-electron chi connectivity index (χ2n) is 7.07. The van der Waals surface area contributed by atoms with Gasteiger partial charge in [0.15, 0.2) is 6.33 Å². The van der Waals surface area contributed by atoms with Gasteiger partial charge >= 0.3 is 0 Å². The van der Waals surface area contributed by atoms with Gasteiger partial charge in [0.1, 0.15) is 12.4 Å². The summed E-state index contributed by atoms with van der Waals surface area (Å²) in [6, 6.07) is 6.90. The van der Waals surface area contributed by atoms with Gasteiger partial charge in [0.05, 0.1) is 0 Å². The van der Waals surface area contributed by atoms with E-state index in [9.17, 15) is 9.18 Å².